The Bertz CT molecular complexity index is 449. The monoisotopic (exact) mass is 329 g/mol. The smallest absolute Gasteiger partial charge is 0.339 e. The first-order chi connectivity index (χ1) is 7.63. The largest absolute Gasteiger partial charge is 0.462 e. The van der Waals surface area contributed by atoms with Gasteiger partial charge in [0.1, 0.15) is 6.07 Å². The number of rotatable bonds is 3. The minimum Gasteiger partial charge on any atom is -0.462 e. The van der Waals surface area contributed by atoms with Crippen LogP contribution < -0.4 is 0 Å². The van der Waals surface area contributed by atoms with E-state index in [4.69, 9.17) is 10.00 Å². The standard InChI is InChI=1S/C12H12INO2/c1-3-8-5-10(13)6-9(7-14)11(8)12(15)16-4-2/h5-6H,3-4H2,1-2H3. The number of aryl methyl sites for hydroxylation is 1. The fourth-order valence-corrected chi connectivity index (χ4v) is 2.16. The zero-order valence-electron chi connectivity index (χ0n) is 9.21. The summed E-state index contributed by atoms with van der Waals surface area (Å²) in [6, 6.07) is 5.66. The van der Waals surface area contributed by atoms with Crippen LogP contribution in [0, 0.1) is 14.9 Å². The maximum Gasteiger partial charge on any atom is 0.339 e. The molecule has 0 spiro atoms. The van der Waals surface area contributed by atoms with Gasteiger partial charge in [-0.3, -0.25) is 0 Å². The molecule has 0 radical (unpaired) electrons. The molecule has 1 aromatic rings. The van der Waals surface area contributed by atoms with Crippen molar-refractivity contribution in [3.8, 4) is 6.07 Å². The van der Waals surface area contributed by atoms with Crippen molar-refractivity contribution >= 4 is 28.6 Å². The minimum absolute atomic E-state index is 0.318. The molecule has 0 saturated heterocycles. The summed E-state index contributed by atoms with van der Waals surface area (Å²) in [6.45, 7) is 4.02. The van der Waals surface area contributed by atoms with E-state index in [2.05, 4.69) is 22.6 Å². The number of esters is 1. The summed E-state index contributed by atoms with van der Waals surface area (Å²) < 4.78 is 5.92. The van der Waals surface area contributed by atoms with Crippen molar-refractivity contribution in [2.75, 3.05) is 6.61 Å². The van der Waals surface area contributed by atoms with Gasteiger partial charge in [0.25, 0.3) is 0 Å². The van der Waals surface area contributed by atoms with Gasteiger partial charge >= 0.3 is 5.97 Å². The molecular formula is C12H12INO2. The lowest BCUT2D eigenvalue weighted by atomic mass is 10.00. The van der Waals surface area contributed by atoms with Gasteiger partial charge in [-0.15, -0.1) is 0 Å². The van der Waals surface area contributed by atoms with Crippen LogP contribution in [-0.2, 0) is 11.2 Å². The molecule has 84 valence electrons. The van der Waals surface area contributed by atoms with Gasteiger partial charge in [-0.2, -0.15) is 5.26 Å². The van der Waals surface area contributed by atoms with Gasteiger partial charge in [0.2, 0.25) is 0 Å². The second kappa shape index (κ2) is 5.85. The molecule has 0 heterocycles. The minimum atomic E-state index is -0.410. The lowest BCUT2D eigenvalue weighted by Gasteiger charge is -2.09. The van der Waals surface area contributed by atoms with Crippen molar-refractivity contribution in [3.05, 3.63) is 32.4 Å². The highest BCUT2D eigenvalue weighted by molar-refractivity contribution is 14.1. The van der Waals surface area contributed by atoms with Gasteiger partial charge in [-0.25, -0.2) is 4.79 Å². The number of hydrogen-bond donors (Lipinski definition) is 0. The van der Waals surface area contributed by atoms with Crippen LogP contribution in [0.4, 0.5) is 0 Å². The highest BCUT2D eigenvalue weighted by Gasteiger charge is 2.17. The van der Waals surface area contributed by atoms with E-state index < -0.39 is 5.97 Å². The summed E-state index contributed by atoms with van der Waals surface area (Å²) >= 11 is 2.14. The van der Waals surface area contributed by atoms with E-state index in [0.29, 0.717) is 24.2 Å². The number of ether oxygens (including phenoxy) is 1. The van der Waals surface area contributed by atoms with E-state index in [0.717, 1.165) is 9.13 Å². The fraction of sp³-hybridized carbons (Fsp3) is 0.333. The Morgan fingerprint density at radius 2 is 2.19 bits per heavy atom. The molecule has 4 heteroatoms. The lowest BCUT2D eigenvalue weighted by molar-refractivity contribution is 0.0525. The van der Waals surface area contributed by atoms with Gasteiger partial charge in [0, 0.05) is 3.57 Å². The predicted molar refractivity (Wildman–Crippen MR) is 69.2 cm³/mol. The third-order valence-corrected chi connectivity index (χ3v) is 2.79. The SMILES string of the molecule is CCOC(=O)c1c(C#N)cc(I)cc1CC. The average Bonchev–Trinajstić information content (AvgIpc) is 2.27. The van der Waals surface area contributed by atoms with Crippen molar-refractivity contribution < 1.29 is 9.53 Å². The molecule has 1 aromatic carbocycles. The van der Waals surface area contributed by atoms with Crippen molar-refractivity contribution in [1.29, 1.82) is 5.26 Å². The third kappa shape index (κ3) is 2.73. The normalized spacial score (nSPS) is 9.62. The average molecular weight is 329 g/mol. The summed E-state index contributed by atoms with van der Waals surface area (Å²) in [7, 11) is 0. The number of halogens is 1. The first-order valence-corrected chi connectivity index (χ1v) is 6.11. The number of carbonyl (C=O) groups is 1. The Kier molecular flexibility index (Phi) is 4.74. The molecule has 0 aliphatic heterocycles. The van der Waals surface area contributed by atoms with Crippen LogP contribution in [0.3, 0.4) is 0 Å². The first kappa shape index (κ1) is 13.0. The van der Waals surface area contributed by atoms with Gasteiger partial charge < -0.3 is 4.74 Å². The van der Waals surface area contributed by atoms with Gasteiger partial charge in [0.15, 0.2) is 0 Å². The van der Waals surface area contributed by atoms with Gasteiger partial charge in [-0.1, -0.05) is 6.92 Å². The van der Waals surface area contributed by atoms with Gasteiger partial charge in [0.05, 0.1) is 17.7 Å². The number of benzene rings is 1. The van der Waals surface area contributed by atoms with Crippen LogP contribution >= 0.6 is 22.6 Å². The molecule has 0 amide bonds. The van der Waals surface area contributed by atoms with Crippen LogP contribution in [0.2, 0.25) is 0 Å². The Morgan fingerprint density at radius 3 is 2.69 bits per heavy atom. The number of hydrogen-bond acceptors (Lipinski definition) is 3. The molecule has 0 bridgehead atoms. The molecular weight excluding hydrogens is 317 g/mol. The van der Waals surface area contributed by atoms with E-state index >= 15 is 0 Å². The molecule has 0 unspecified atom stereocenters. The zero-order chi connectivity index (χ0) is 12.1. The highest BCUT2D eigenvalue weighted by Crippen LogP contribution is 2.20. The van der Waals surface area contributed by atoms with Crippen LogP contribution in [0.15, 0.2) is 12.1 Å². The van der Waals surface area contributed by atoms with Crippen molar-refractivity contribution in [3.63, 3.8) is 0 Å². The topological polar surface area (TPSA) is 50.1 Å². The molecule has 16 heavy (non-hydrogen) atoms. The van der Waals surface area contributed by atoms with Crippen molar-refractivity contribution in [1.82, 2.24) is 0 Å². The van der Waals surface area contributed by atoms with E-state index in [9.17, 15) is 4.79 Å². The molecule has 0 aliphatic carbocycles. The molecule has 0 N–H and O–H groups in total. The molecule has 0 saturated carbocycles. The fourth-order valence-electron chi connectivity index (χ4n) is 1.47. The number of nitrogens with zero attached hydrogens (tertiary/aromatic N) is 1. The second-order valence-electron chi connectivity index (χ2n) is 3.17. The predicted octanol–water partition coefficient (Wildman–Crippen LogP) is 2.90. The van der Waals surface area contributed by atoms with Crippen LogP contribution in [0.25, 0.3) is 0 Å². The summed E-state index contributed by atoms with van der Waals surface area (Å²) in [6.07, 6.45) is 0.708. The Morgan fingerprint density at radius 1 is 1.50 bits per heavy atom. The highest BCUT2D eigenvalue weighted by atomic mass is 127. The van der Waals surface area contributed by atoms with Gasteiger partial charge in [-0.05, 0) is 53.6 Å². The molecule has 3 nitrogen and oxygen atoms in total. The first-order valence-electron chi connectivity index (χ1n) is 5.03. The summed E-state index contributed by atoms with van der Waals surface area (Å²) in [4.78, 5) is 11.7. The van der Waals surface area contributed by atoms with Crippen molar-refractivity contribution in [2.24, 2.45) is 0 Å². The summed E-state index contributed by atoms with van der Waals surface area (Å²) in [5, 5.41) is 9.02. The molecule has 0 fully saturated rings. The van der Waals surface area contributed by atoms with Crippen molar-refractivity contribution in [2.45, 2.75) is 20.3 Å². The maximum absolute atomic E-state index is 11.7. The quantitative estimate of drug-likeness (QED) is 0.633. The molecule has 1 rings (SSSR count). The van der Waals surface area contributed by atoms with Crippen LogP contribution in [0.1, 0.15) is 35.3 Å². The van der Waals surface area contributed by atoms with E-state index in [-0.39, 0.29) is 0 Å². The van der Waals surface area contributed by atoms with E-state index in [1.54, 1.807) is 13.0 Å². The number of nitriles is 1. The third-order valence-electron chi connectivity index (χ3n) is 2.17. The second-order valence-corrected chi connectivity index (χ2v) is 4.42. The zero-order valence-corrected chi connectivity index (χ0v) is 11.4. The maximum atomic E-state index is 11.7. The van der Waals surface area contributed by atoms with E-state index in [1.807, 2.05) is 19.1 Å². The van der Waals surface area contributed by atoms with Crippen LogP contribution in [-0.4, -0.2) is 12.6 Å². The lowest BCUT2D eigenvalue weighted by Crippen LogP contribution is -2.10. The Balaban J connectivity index is 3.34. The summed E-state index contributed by atoms with van der Waals surface area (Å²) in [5.41, 5.74) is 1.66. The van der Waals surface area contributed by atoms with E-state index in [1.165, 1.54) is 0 Å². The molecule has 0 atom stereocenters. The Labute approximate surface area is 109 Å². The number of carbonyl (C=O) groups excluding carboxylic acids is 1. The van der Waals surface area contributed by atoms with Crippen LogP contribution in [0.5, 0.6) is 0 Å². The Hall–Kier alpha value is -1.09. The summed E-state index contributed by atoms with van der Waals surface area (Å²) in [5.74, 6) is -0.410. The molecule has 0 aromatic heterocycles. The molecule has 0 aliphatic rings.